The maximum Gasteiger partial charge on any atom is 0.184 e. The molecule has 0 bridgehead atoms. The summed E-state index contributed by atoms with van der Waals surface area (Å²) in [5, 5.41) is 9.48. The van der Waals surface area contributed by atoms with Gasteiger partial charge in [-0.2, -0.15) is 0 Å². The van der Waals surface area contributed by atoms with Crippen molar-refractivity contribution in [2.45, 2.75) is 24.8 Å². The van der Waals surface area contributed by atoms with Crippen molar-refractivity contribution in [1.29, 1.82) is 0 Å². The maximum atomic E-state index is 9.48. The molecule has 19 heavy (non-hydrogen) atoms. The van der Waals surface area contributed by atoms with Crippen LogP contribution in [0.15, 0.2) is 30.3 Å². The second-order valence-electron chi connectivity index (χ2n) is 4.80. The van der Waals surface area contributed by atoms with Crippen LogP contribution in [0.2, 0.25) is 0 Å². The summed E-state index contributed by atoms with van der Waals surface area (Å²) >= 11 is 0. The normalized spacial score (nSPS) is 38.1. The fourth-order valence-corrected chi connectivity index (χ4v) is 2.67. The van der Waals surface area contributed by atoms with E-state index in [0.717, 1.165) is 5.56 Å². The fourth-order valence-electron chi connectivity index (χ4n) is 2.67. The molecule has 2 saturated heterocycles. The molecule has 0 radical (unpaired) electrons. The smallest absolute Gasteiger partial charge is 0.184 e. The van der Waals surface area contributed by atoms with Crippen LogP contribution in [0.5, 0.6) is 0 Å². The van der Waals surface area contributed by atoms with Gasteiger partial charge in [-0.25, -0.2) is 0 Å². The number of benzene rings is 1. The van der Waals surface area contributed by atoms with Crippen molar-refractivity contribution in [2.75, 3.05) is 20.3 Å². The Morgan fingerprint density at radius 3 is 2.74 bits per heavy atom. The summed E-state index contributed by atoms with van der Waals surface area (Å²) in [4.78, 5) is 0. The first-order chi connectivity index (χ1) is 9.33. The highest BCUT2D eigenvalue weighted by Gasteiger charge is 2.49. The molecule has 5 atom stereocenters. The summed E-state index contributed by atoms with van der Waals surface area (Å²) in [5.41, 5.74) is 0.971. The molecule has 0 aromatic heterocycles. The third kappa shape index (κ3) is 2.40. The average molecular weight is 266 g/mol. The Balaban J connectivity index is 1.75. The molecule has 1 aromatic carbocycles. The van der Waals surface area contributed by atoms with Gasteiger partial charge >= 0.3 is 0 Å². The third-order valence-electron chi connectivity index (χ3n) is 3.65. The van der Waals surface area contributed by atoms with Crippen LogP contribution in [-0.4, -0.2) is 43.9 Å². The van der Waals surface area contributed by atoms with Gasteiger partial charge in [0.2, 0.25) is 0 Å². The first kappa shape index (κ1) is 13.0. The predicted molar refractivity (Wildman–Crippen MR) is 66.3 cm³/mol. The lowest BCUT2D eigenvalue weighted by atomic mass is 10.0. The third-order valence-corrected chi connectivity index (χ3v) is 3.65. The van der Waals surface area contributed by atoms with Crippen LogP contribution in [0, 0.1) is 5.92 Å². The standard InChI is InChI=1S/C14H18O5/c1-16-14-10(7-15)12-11(18-14)8-17-13(19-12)9-5-3-2-4-6-9/h2-6,10-15H,7-8H2,1H3/t10?,11-,12-,13+,14-/m1/s1. The van der Waals surface area contributed by atoms with Gasteiger partial charge in [-0.05, 0) is 0 Å². The average Bonchev–Trinajstić information content (AvgIpc) is 2.84. The minimum Gasteiger partial charge on any atom is -0.396 e. The maximum absolute atomic E-state index is 9.48. The van der Waals surface area contributed by atoms with Crippen molar-refractivity contribution in [2.24, 2.45) is 5.92 Å². The van der Waals surface area contributed by atoms with E-state index >= 15 is 0 Å². The molecule has 2 heterocycles. The topological polar surface area (TPSA) is 57.2 Å². The number of aliphatic hydroxyl groups excluding tert-OH is 1. The molecule has 104 valence electrons. The fraction of sp³-hybridized carbons (Fsp3) is 0.571. The summed E-state index contributed by atoms with van der Waals surface area (Å²) < 4.78 is 22.5. The Kier molecular flexibility index (Phi) is 3.81. The highest BCUT2D eigenvalue weighted by atomic mass is 16.7. The zero-order valence-corrected chi connectivity index (χ0v) is 10.8. The van der Waals surface area contributed by atoms with Gasteiger partial charge in [0, 0.05) is 12.7 Å². The molecule has 2 aliphatic heterocycles. The monoisotopic (exact) mass is 266 g/mol. The van der Waals surface area contributed by atoms with E-state index < -0.39 is 12.6 Å². The molecule has 1 N–H and O–H groups in total. The molecule has 2 aliphatic rings. The number of methoxy groups -OCH3 is 1. The Morgan fingerprint density at radius 2 is 2.05 bits per heavy atom. The number of aliphatic hydroxyl groups is 1. The van der Waals surface area contributed by atoms with E-state index in [0.29, 0.717) is 6.61 Å². The molecule has 1 unspecified atom stereocenters. The molecule has 1 aromatic rings. The Hall–Kier alpha value is -0.980. The lowest BCUT2D eigenvalue weighted by Gasteiger charge is -2.33. The van der Waals surface area contributed by atoms with Crippen molar-refractivity contribution in [3.63, 3.8) is 0 Å². The quantitative estimate of drug-likeness (QED) is 0.887. The summed E-state index contributed by atoms with van der Waals surface area (Å²) in [6.07, 6.45) is -1.22. The molecule has 0 saturated carbocycles. The number of hydrogen-bond donors (Lipinski definition) is 1. The molecule has 0 amide bonds. The van der Waals surface area contributed by atoms with Crippen LogP contribution >= 0.6 is 0 Å². The van der Waals surface area contributed by atoms with Crippen LogP contribution in [0.25, 0.3) is 0 Å². The SMILES string of the molecule is CO[C@@H]1O[C@@H]2CO[C@H](c3ccccc3)O[C@@H]2C1CO. The van der Waals surface area contributed by atoms with Crippen LogP contribution in [-0.2, 0) is 18.9 Å². The summed E-state index contributed by atoms with van der Waals surface area (Å²) in [6, 6.07) is 9.76. The van der Waals surface area contributed by atoms with E-state index in [1.54, 1.807) is 7.11 Å². The van der Waals surface area contributed by atoms with Gasteiger partial charge in [0.25, 0.3) is 0 Å². The van der Waals surface area contributed by atoms with E-state index in [9.17, 15) is 5.11 Å². The van der Waals surface area contributed by atoms with Crippen molar-refractivity contribution >= 4 is 0 Å². The Bertz CT molecular complexity index is 410. The zero-order valence-electron chi connectivity index (χ0n) is 10.8. The lowest BCUT2D eigenvalue weighted by Crippen LogP contribution is -2.41. The molecule has 5 nitrogen and oxygen atoms in total. The van der Waals surface area contributed by atoms with E-state index in [-0.39, 0.29) is 24.7 Å². The van der Waals surface area contributed by atoms with Crippen LogP contribution in [0.3, 0.4) is 0 Å². The van der Waals surface area contributed by atoms with E-state index in [4.69, 9.17) is 18.9 Å². The van der Waals surface area contributed by atoms with E-state index in [2.05, 4.69) is 0 Å². The number of rotatable bonds is 3. The van der Waals surface area contributed by atoms with Gasteiger partial charge in [0.1, 0.15) is 6.10 Å². The molecular weight excluding hydrogens is 248 g/mol. The minimum absolute atomic E-state index is 0.0266. The van der Waals surface area contributed by atoms with E-state index in [1.165, 1.54) is 0 Å². The summed E-state index contributed by atoms with van der Waals surface area (Å²) in [6.45, 7) is 0.418. The van der Waals surface area contributed by atoms with Gasteiger partial charge in [-0.1, -0.05) is 30.3 Å². The van der Waals surface area contributed by atoms with Crippen molar-refractivity contribution in [1.82, 2.24) is 0 Å². The summed E-state index contributed by atoms with van der Waals surface area (Å²) in [5.74, 6) is -0.176. The minimum atomic E-state index is -0.432. The predicted octanol–water partition coefficient (Wildman–Crippen LogP) is 1.08. The van der Waals surface area contributed by atoms with Crippen LogP contribution in [0.4, 0.5) is 0 Å². The molecule has 5 heteroatoms. The highest BCUT2D eigenvalue weighted by molar-refractivity contribution is 5.16. The molecule has 3 rings (SSSR count). The Labute approximate surface area is 112 Å². The van der Waals surface area contributed by atoms with Gasteiger partial charge in [-0.3, -0.25) is 0 Å². The highest BCUT2D eigenvalue weighted by Crippen LogP contribution is 2.37. The van der Waals surface area contributed by atoms with Crippen molar-refractivity contribution < 1.29 is 24.1 Å². The first-order valence-corrected chi connectivity index (χ1v) is 6.44. The van der Waals surface area contributed by atoms with Gasteiger partial charge < -0.3 is 24.1 Å². The number of hydrogen-bond acceptors (Lipinski definition) is 5. The zero-order chi connectivity index (χ0) is 13.2. The molecule has 2 fully saturated rings. The van der Waals surface area contributed by atoms with Gasteiger partial charge in [0.15, 0.2) is 12.6 Å². The molecule has 0 spiro atoms. The van der Waals surface area contributed by atoms with Crippen molar-refractivity contribution in [3.8, 4) is 0 Å². The van der Waals surface area contributed by atoms with Gasteiger partial charge in [-0.15, -0.1) is 0 Å². The second kappa shape index (κ2) is 5.56. The molecular formula is C14H18O5. The second-order valence-corrected chi connectivity index (χ2v) is 4.80. The van der Waals surface area contributed by atoms with Gasteiger partial charge in [0.05, 0.1) is 25.2 Å². The van der Waals surface area contributed by atoms with E-state index in [1.807, 2.05) is 30.3 Å². The number of fused-ring (bicyclic) bond motifs is 1. The lowest BCUT2D eigenvalue weighted by molar-refractivity contribution is -0.252. The number of ether oxygens (including phenoxy) is 4. The summed E-state index contributed by atoms with van der Waals surface area (Å²) in [7, 11) is 1.57. The Morgan fingerprint density at radius 1 is 1.26 bits per heavy atom. The largest absolute Gasteiger partial charge is 0.396 e. The van der Waals surface area contributed by atoms with Crippen LogP contribution < -0.4 is 0 Å². The van der Waals surface area contributed by atoms with Crippen molar-refractivity contribution in [3.05, 3.63) is 35.9 Å². The first-order valence-electron chi connectivity index (χ1n) is 6.44. The van der Waals surface area contributed by atoms with Crippen LogP contribution in [0.1, 0.15) is 11.9 Å². The molecule has 0 aliphatic carbocycles.